The molecule has 2 atom stereocenters. The van der Waals surface area contributed by atoms with Crippen molar-refractivity contribution >= 4 is 11.6 Å². The van der Waals surface area contributed by atoms with Crippen molar-refractivity contribution in [1.29, 1.82) is 0 Å². The molecule has 2 aliphatic rings. The van der Waals surface area contributed by atoms with Gasteiger partial charge in [0.2, 0.25) is 0 Å². The zero-order valence-electron chi connectivity index (χ0n) is 13.0. The monoisotopic (exact) mass is 306 g/mol. The molecule has 1 N–H and O–H groups in total. The number of rotatable bonds is 4. The summed E-state index contributed by atoms with van der Waals surface area (Å²) in [6.07, 6.45) is 8.02. The van der Waals surface area contributed by atoms with E-state index in [4.69, 9.17) is 11.6 Å². The molecule has 3 heteroatoms. The lowest BCUT2D eigenvalue weighted by Crippen LogP contribution is -2.49. The van der Waals surface area contributed by atoms with Crippen LogP contribution in [0.2, 0.25) is 5.02 Å². The molecule has 1 heterocycles. The number of halogens is 1. The van der Waals surface area contributed by atoms with Gasteiger partial charge in [-0.2, -0.15) is 0 Å². The van der Waals surface area contributed by atoms with Crippen molar-refractivity contribution in [1.82, 2.24) is 10.2 Å². The predicted molar refractivity (Wildman–Crippen MR) is 89.9 cm³/mol. The van der Waals surface area contributed by atoms with Crippen molar-refractivity contribution in [2.75, 3.05) is 20.1 Å². The van der Waals surface area contributed by atoms with Gasteiger partial charge in [0.15, 0.2) is 0 Å². The SMILES string of the molecule is CNC1CCCC1N1CCC(Cc2ccc(Cl)cc2)CC1. The molecule has 1 aliphatic heterocycles. The molecular formula is C18H27ClN2. The van der Waals surface area contributed by atoms with Gasteiger partial charge in [-0.05, 0) is 75.9 Å². The van der Waals surface area contributed by atoms with E-state index in [0.717, 1.165) is 23.0 Å². The second kappa shape index (κ2) is 7.13. The molecule has 1 aromatic rings. The van der Waals surface area contributed by atoms with Crippen LogP contribution in [0.3, 0.4) is 0 Å². The maximum atomic E-state index is 5.96. The molecule has 0 bridgehead atoms. The molecule has 116 valence electrons. The number of hydrogen-bond donors (Lipinski definition) is 1. The van der Waals surface area contributed by atoms with Gasteiger partial charge in [-0.15, -0.1) is 0 Å². The molecule has 0 radical (unpaired) electrons. The van der Waals surface area contributed by atoms with Gasteiger partial charge in [-0.1, -0.05) is 30.2 Å². The maximum absolute atomic E-state index is 5.96. The van der Waals surface area contributed by atoms with E-state index in [1.165, 1.54) is 57.2 Å². The van der Waals surface area contributed by atoms with Gasteiger partial charge in [-0.25, -0.2) is 0 Å². The van der Waals surface area contributed by atoms with Crippen molar-refractivity contribution in [2.45, 2.75) is 50.6 Å². The molecule has 2 nitrogen and oxygen atoms in total. The van der Waals surface area contributed by atoms with Gasteiger partial charge in [0.1, 0.15) is 0 Å². The summed E-state index contributed by atoms with van der Waals surface area (Å²) in [5.74, 6) is 0.844. The van der Waals surface area contributed by atoms with Crippen LogP contribution in [0, 0.1) is 5.92 Å². The third-order valence-corrected chi connectivity index (χ3v) is 5.66. The highest BCUT2D eigenvalue weighted by Gasteiger charge is 2.33. The Morgan fingerprint density at radius 1 is 1.10 bits per heavy atom. The van der Waals surface area contributed by atoms with E-state index in [-0.39, 0.29) is 0 Å². The standard InChI is InChI=1S/C18H27ClN2/c1-20-17-3-2-4-18(17)21-11-9-15(10-12-21)13-14-5-7-16(19)8-6-14/h5-8,15,17-18,20H,2-4,9-13H2,1H3. The summed E-state index contributed by atoms with van der Waals surface area (Å²) < 4.78 is 0. The zero-order valence-corrected chi connectivity index (χ0v) is 13.8. The minimum absolute atomic E-state index is 0.720. The van der Waals surface area contributed by atoms with Crippen molar-refractivity contribution in [3.63, 3.8) is 0 Å². The topological polar surface area (TPSA) is 15.3 Å². The van der Waals surface area contributed by atoms with E-state index in [2.05, 4.69) is 29.4 Å². The second-order valence-electron chi connectivity index (χ2n) is 6.70. The minimum Gasteiger partial charge on any atom is -0.315 e. The number of likely N-dealkylation sites (tertiary alicyclic amines) is 1. The van der Waals surface area contributed by atoms with Gasteiger partial charge < -0.3 is 5.32 Å². The third-order valence-electron chi connectivity index (χ3n) is 5.41. The van der Waals surface area contributed by atoms with Gasteiger partial charge in [0.25, 0.3) is 0 Å². The summed E-state index contributed by atoms with van der Waals surface area (Å²) >= 11 is 5.96. The Bertz CT molecular complexity index is 437. The Hall–Kier alpha value is -0.570. The highest BCUT2D eigenvalue weighted by atomic mass is 35.5. The second-order valence-corrected chi connectivity index (χ2v) is 7.14. The Kier molecular flexibility index (Phi) is 5.20. The molecule has 0 spiro atoms. The highest BCUT2D eigenvalue weighted by Crippen LogP contribution is 2.29. The van der Waals surface area contributed by atoms with Crippen LogP contribution in [0.25, 0.3) is 0 Å². The molecule has 2 fully saturated rings. The van der Waals surface area contributed by atoms with Crippen molar-refractivity contribution in [2.24, 2.45) is 5.92 Å². The quantitative estimate of drug-likeness (QED) is 0.912. The molecule has 1 saturated heterocycles. The molecule has 2 unspecified atom stereocenters. The highest BCUT2D eigenvalue weighted by molar-refractivity contribution is 6.30. The molecule has 0 amide bonds. The summed E-state index contributed by atoms with van der Waals surface area (Å²) in [4.78, 5) is 2.74. The van der Waals surface area contributed by atoms with Crippen LogP contribution < -0.4 is 5.32 Å². The van der Waals surface area contributed by atoms with E-state index in [0.29, 0.717) is 0 Å². The van der Waals surface area contributed by atoms with Crippen molar-refractivity contribution < 1.29 is 0 Å². The van der Waals surface area contributed by atoms with E-state index < -0.39 is 0 Å². The van der Waals surface area contributed by atoms with Gasteiger partial charge in [-0.3, -0.25) is 4.90 Å². The minimum atomic E-state index is 0.720. The Morgan fingerprint density at radius 3 is 2.48 bits per heavy atom. The smallest absolute Gasteiger partial charge is 0.0406 e. The van der Waals surface area contributed by atoms with Gasteiger partial charge >= 0.3 is 0 Å². The fraction of sp³-hybridized carbons (Fsp3) is 0.667. The summed E-state index contributed by atoms with van der Waals surface area (Å²) in [5.41, 5.74) is 1.44. The first kappa shape index (κ1) is 15.3. The lowest BCUT2D eigenvalue weighted by Gasteiger charge is -2.38. The van der Waals surface area contributed by atoms with Gasteiger partial charge in [0.05, 0.1) is 0 Å². The number of nitrogens with one attached hydrogen (secondary N) is 1. The Labute approximate surface area is 133 Å². The maximum Gasteiger partial charge on any atom is 0.0406 e. The first-order valence-corrected chi connectivity index (χ1v) is 8.80. The summed E-state index contributed by atoms with van der Waals surface area (Å²) in [6.45, 7) is 2.56. The van der Waals surface area contributed by atoms with Crippen molar-refractivity contribution in [3.05, 3.63) is 34.9 Å². The first-order valence-electron chi connectivity index (χ1n) is 8.42. The molecule has 1 aromatic carbocycles. The van der Waals surface area contributed by atoms with Crippen LogP contribution in [0.4, 0.5) is 0 Å². The number of likely N-dealkylation sites (N-methyl/N-ethyl adjacent to an activating group) is 1. The molecule has 3 rings (SSSR count). The van der Waals surface area contributed by atoms with Crippen LogP contribution in [0.5, 0.6) is 0 Å². The third kappa shape index (κ3) is 3.80. The van der Waals surface area contributed by atoms with Gasteiger partial charge in [0, 0.05) is 17.1 Å². The molecule has 21 heavy (non-hydrogen) atoms. The fourth-order valence-corrected chi connectivity index (χ4v) is 4.28. The average molecular weight is 307 g/mol. The van der Waals surface area contributed by atoms with E-state index >= 15 is 0 Å². The normalized spacial score (nSPS) is 28.1. The number of nitrogens with zero attached hydrogens (tertiary/aromatic N) is 1. The lowest BCUT2D eigenvalue weighted by atomic mass is 9.89. The summed E-state index contributed by atoms with van der Waals surface area (Å²) in [6, 6.07) is 9.90. The lowest BCUT2D eigenvalue weighted by molar-refractivity contribution is 0.119. The van der Waals surface area contributed by atoms with Crippen LogP contribution in [-0.2, 0) is 6.42 Å². The number of piperidine rings is 1. The average Bonchev–Trinajstić information content (AvgIpc) is 2.99. The summed E-state index contributed by atoms with van der Waals surface area (Å²) in [7, 11) is 2.12. The summed E-state index contributed by atoms with van der Waals surface area (Å²) in [5, 5.41) is 4.35. The van der Waals surface area contributed by atoms with Crippen molar-refractivity contribution in [3.8, 4) is 0 Å². The zero-order chi connectivity index (χ0) is 14.7. The van der Waals surface area contributed by atoms with Crippen LogP contribution in [-0.4, -0.2) is 37.1 Å². The van der Waals surface area contributed by atoms with E-state index in [1.54, 1.807) is 0 Å². The van der Waals surface area contributed by atoms with Crippen LogP contribution >= 0.6 is 11.6 Å². The largest absolute Gasteiger partial charge is 0.315 e. The Morgan fingerprint density at radius 2 is 1.81 bits per heavy atom. The fourth-order valence-electron chi connectivity index (χ4n) is 4.16. The Balaban J connectivity index is 1.49. The van der Waals surface area contributed by atoms with Crippen LogP contribution in [0.1, 0.15) is 37.7 Å². The number of benzene rings is 1. The number of hydrogen-bond acceptors (Lipinski definition) is 2. The van der Waals surface area contributed by atoms with E-state index in [9.17, 15) is 0 Å². The van der Waals surface area contributed by atoms with Crippen LogP contribution in [0.15, 0.2) is 24.3 Å². The molecule has 1 saturated carbocycles. The molecule has 0 aromatic heterocycles. The first-order chi connectivity index (χ1) is 10.3. The molecular weight excluding hydrogens is 280 g/mol. The molecule has 1 aliphatic carbocycles. The predicted octanol–water partition coefficient (Wildman–Crippen LogP) is 3.74. The van der Waals surface area contributed by atoms with E-state index in [1.807, 2.05) is 12.1 Å².